The van der Waals surface area contributed by atoms with Gasteiger partial charge in [-0.15, -0.1) is 0 Å². The van der Waals surface area contributed by atoms with E-state index >= 15 is 0 Å². The molecule has 2 aromatic rings. The molecule has 3 heterocycles. The Labute approximate surface area is 112 Å². The molecule has 1 atom stereocenters. The van der Waals surface area contributed by atoms with Crippen molar-refractivity contribution in [2.45, 2.75) is 13.0 Å². The van der Waals surface area contributed by atoms with Gasteiger partial charge in [0.15, 0.2) is 5.65 Å². The fraction of sp³-hybridized carbons (Fsp3) is 0.538. The van der Waals surface area contributed by atoms with Crippen molar-refractivity contribution in [3.8, 4) is 0 Å². The van der Waals surface area contributed by atoms with E-state index in [-0.39, 0.29) is 6.10 Å². The Kier molecular flexibility index (Phi) is 3.35. The number of hydrogen-bond donors (Lipinski definition) is 1. The third kappa shape index (κ3) is 2.41. The lowest BCUT2D eigenvalue weighted by Crippen LogP contribution is -2.46. The topological polar surface area (TPSA) is 54.7 Å². The summed E-state index contributed by atoms with van der Waals surface area (Å²) in [5, 5.41) is 7.48. The summed E-state index contributed by atoms with van der Waals surface area (Å²) in [5.74, 6) is 1.09. The SMILES string of the molecule is CNCC1CN(c2cc(C)cc3ncnn23)CCO1. The van der Waals surface area contributed by atoms with E-state index in [1.807, 2.05) is 17.6 Å². The molecule has 3 rings (SSSR count). The van der Waals surface area contributed by atoms with Crippen LogP contribution in [0, 0.1) is 6.92 Å². The number of pyridine rings is 1. The normalized spacial score (nSPS) is 20.1. The second-order valence-electron chi connectivity index (χ2n) is 4.92. The standard InChI is InChI=1S/C13H19N5O/c1-10-5-12-15-9-16-18(12)13(6-10)17-3-4-19-11(8-17)7-14-2/h5-6,9,11,14H,3-4,7-8H2,1-2H3. The van der Waals surface area contributed by atoms with Crippen LogP contribution in [0.2, 0.25) is 0 Å². The van der Waals surface area contributed by atoms with E-state index in [0.717, 1.165) is 37.7 Å². The van der Waals surface area contributed by atoms with Crippen molar-refractivity contribution in [3.05, 3.63) is 24.0 Å². The summed E-state index contributed by atoms with van der Waals surface area (Å²) in [6, 6.07) is 4.20. The van der Waals surface area contributed by atoms with E-state index in [4.69, 9.17) is 4.74 Å². The van der Waals surface area contributed by atoms with Crippen LogP contribution >= 0.6 is 0 Å². The average Bonchev–Trinajstić information content (AvgIpc) is 2.86. The summed E-state index contributed by atoms with van der Waals surface area (Å²) < 4.78 is 7.64. The molecular formula is C13H19N5O. The maximum Gasteiger partial charge on any atom is 0.157 e. The maximum absolute atomic E-state index is 5.74. The Hall–Kier alpha value is -1.66. The molecule has 6 heteroatoms. The molecule has 6 nitrogen and oxygen atoms in total. The van der Waals surface area contributed by atoms with Crippen LogP contribution in [0.5, 0.6) is 0 Å². The number of nitrogens with zero attached hydrogens (tertiary/aromatic N) is 4. The van der Waals surface area contributed by atoms with E-state index < -0.39 is 0 Å². The average molecular weight is 261 g/mol. The molecule has 0 spiro atoms. The highest BCUT2D eigenvalue weighted by atomic mass is 16.5. The molecular weight excluding hydrogens is 242 g/mol. The molecule has 0 aliphatic carbocycles. The van der Waals surface area contributed by atoms with Crippen molar-refractivity contribution >= 4 is 11.5 Å². The number of nitrogens with one attached hydrogen (secondary N) is 1. The van der Waals surface area contributed by atoms with Gasteiger partial charge in [0, 0.05) is 19.6 Å². The van der Waals surface area contributed by atoms with Crippen LogP contribution in [-0.2, 0) is 4.74 Å². The lowest BCUT2D eigenvalue weighted by Gasteiger charge is -2.34. The highest BCUT2D eigenvalue weighted by Crippen LogP contribution is 2.20. The molecule has 0 aromatic carbocycles. The van der Waals surface area contributed by atoms with Crippen molar-refractivity contribution in [2.75, 3.05) is 38.2 Å². The van der Waals surface area contributed by atoms with Crippen molar-refractivity contribution in [2.24, 2.45) is 0 Å². The number of fused-ring (bicyclic) bond motifs is 1. The number of morpholine rings is 1. The Balaban J connectivity index is 1.92. The van der Waals surface area contributed by atoms with Crippen LogP contribution in [0.3, 0.4) is 0 Å². The first-order valence-corrected chi connectivity index (χ1v) is 6.59. The van der Waals surface area contributed by atoms with Gasteiger partial charge in [0.2, 0.25) is 0 Å². The predicted octanol–water partition coefficient (Wildman–Crippen LogP) is 0.462. The number of rotatable bonds is 3. The summed E-state index contributed by atoms with van der Waals surface area (Å²) in [5.41, 5.74) is 2.10. The van der Waals surface area contributed by atoms with Gasteiger partial charge in [-0.05, 0) is 31.7 Å². The molecule has 1 aliphatic heterocycles. The zero-order valence-electron chi connectivity index (χ0n) is 11.3. The molecule has 1 unspecified atom stereocenters. The minimum Gasteiger partial charge on any atom is -0.373 e. The summed E-state index contributed by atoms with van der Waals surface area (Å²) in [6.45, 7) is 5.46. The van der Waals surface area contributed by atoms with Gasteiger partial charge >= 0.3 is 0 Å². The van der Waals surface area contributed by atoms with Crippen LogP contribution < -0.4 is 10.2 Å². The van der Waals surface area contributed by atoms with Crippen LogP contribution in [0.25, 0.3) is 5.65 Å². The van der Waals surface area contributed by atoms with E-state index in [0.29, 0.717) is 0 Å². The Morgan fingerprint density at radius 1 is 1.47 bits per heavy atom. The maximum atomic E-state index is 5.74. The number of hydrogen-bond acceptors (Lipinski definition) is 5. The molecule has 0 bridgehead atoms. The van der Waals surface area contributed by atoms with Gasteiger partial charge in [-0.3, -0.25) is 0 Å². The smallest absolute Gasteiger partial charge is 0.157 e. The molecule has 19 heavy (non-hydrogen) atoms. The molecule has 102 valence electrons. The summed E-state index contributed by atoms with van der Waals surface area (Å²) in [6.07, 6.45) is 1.82. The van der Waals surface area contributed by atoms with Crippen LogP contribution in [0.15, 0.2) is 18.5 Å². The zero-order chi connectivity index (χ0) is 13.2. The van der Waals surface area contributed by atoms with Crippen LogP contribution in [0.1, 0.15) is 5.56 Å². The monoisotopic (exact) mass is 261 g/mol. The number of anilines is 1. The van der Waals surface area contributed by atoms with Gasteiger partial charge < -0.3 is 15.0 Å². The van der Waals surface area contributed by atoms with E-state index in [9.17, 15) is 0 Å². The van der Waals surface area contributed by atoms with Gasteiger partial charge in [0.25, 0.3) is 0 Å². The fourth-order valence-electron chi connectivity index (χ4n) is 2.54. The molecule has 1 aliphatic rings. The van der Waals surface area contributed by atoms with E-state index in [1.54, 1.807) is 6.33 Å². The Morgan fingerprint density at radius 2 is 2.37 bits per heavy atom. The highest BCUT2D eigenvalue weighted by Gasteiger charge is 2.22. The Bertz CT molecular complexity index is 565. The minimum absolute atomic E-state index is 0.220. The first kappa shape index (κ1) is 12.4. The van der Waals surface area contributed by atoms with Crippen molar-refractivity contribution < 1.29 is 4.74 Å². The Morgan fingerprint density at radius 3 is 3.21 bits per heavy atom. The van der Waals surface area contributed by atoms with E-state index in [1.165, 1.54) is 5.56 Å². The fourth-order valence-corrected chi connectivity index (χ4v) is 2.54. The molecule has 1 fully saturated rings. The molecule has 0 radical (unpaired) electrons. The largest absolute Gasteiger partial charge is 0.373 e. The predicted molar refractivity (Wildman–Crippen MR) is 73.6 cm³/mol. The third-order valence-electron chi connectivity index (χ3n) is 3.40. The summed E-state index contributed by atoms with van der Waals surface area (Å²) in [4.78, 5) is 6.59. The highest BCUT2D eigenvalue weighted by molar-refractivity contribution is 5.53. The van der Waals surface area contributed by atoms with Crippen molar-refractivity contribution in [3.63, 3.8) is 0 Å². The number of aromatic nitrogens is 3. The van der Waals surface area contributed by atoms with Crippen molar-refractivity contribution in [1.29, 1.82) is 0 Å². The lowest BCUT2D eigenvalue weighted by molar-refractivity contribution is 0.0418. The molecule has 2 aromatic heterocycles. The summed E-state index contributed by atoms with van der Waals surface area (Å²) in [7, 11) is 1.95. The summed E-state index contributed by atoms with van der Waals surface area (Å²) >= 11 is 0. The molecule has 1 saturated heterocycles. The second-order valence-corrected chi connectivity index (χ2v) is 4.92. The number of aryl methyl sites for hydroxylation is 1. The first-order valence-electron chi connectivity index (χ1n) is 6.59. The van der Waals surface area contributed by atoms with Crippen LogP contribution in [-0.4, -0.2) is 54.0 Å². The van der Waals surface area contributed by atoms with Gasteiger partial charge in [-0.2, -0.15) is 9.61 Å². The van der Waals surface area contributed by atoms with Gasteiger partial charge in [0.1, 0.15) is 12.1 Å². The van der Waals surface area contributed by atoms with E-state index in [2.05, 4.69) is 33.3 Å². The number of likely N-dealkylation sites (N-methyl/N-ethyl adjacent to an activating group) is 1. The minimum atomic E-state index is 0.220. The van der Waals surface area contributed by atoms with Crippen molar-refractivity contribution in [1.82, 2.24) is 19.9 Å². The zero-order valence-corrected chi connectivity index (χ0v) is 11.3. The van der Waals surface area contributed by atoms with Crippen LogP contribution in [0.4, 0.5) is 5.82 Å². The van der Waals surface area contributed by atoms with Gasteiger partial charge in [-0.25, -0.2) is 4.98 Å². The molecule has 1 N–H and O–H groups in total. The third-order valence-corrected chi connectivity index (χ3v) is 3.40. The molecule has 0 saturated carbocycles. The van der Waals surface area contributed by atoms with Gasteiger partial charge in [-0.1, -0.05) is 0 Å². The quantitative estimate of drug-likeness (QED) is 0.870. The second kappa shape index (κ2) is 5.14. The number of ether oxygens (including phenoxy) is 1. The van der Waals surface area contributed by atoms with Gasteiger partial charge in [0.05, 0.1) is 12.7 Å². The first-order chi connectivity index (χ1) is 9.28. The lowest BCUT2D eigenvalue weighted by atomic mass is 10.2. The molecule has 0 amide bonds.